The number of carbonyl (C=O) groups excluding carboxylic acids is 3. The van der Waals surface area contributed by atoms with Crippen LogP contribution in [0.5, 0.6) is 0 Å². The summed E-state index contributed by atoms with van der Waals surface area (Å²) in [6.45, 7) is 3.28. The van der Waals surface area contributed by atoms with Gasteiger partial charge in [-0.25, -0.2) is 0 Å². The molecule has 1 aromatic heterocycles. The van der Waals surface area contributed by atoms with Crippen LogP contribution in [0.2, 0.25) is 0 Å². The molecule has 0 unspecified atom stereocenters. The molecule has 3 amide bonds. The molecule has 2 N–H and O–H groups in total. The molecule has 4 aliphatic rings. The summed E-state index contributed by atoms with van der Waals surface area (Å²) < 4.78 is 51.2. The SMILES string of the molecule is CO[C@@H]1COCC[C@@H]1N[C@@H]1C[C@H]2CN(C(=O)CNC(C)=O)C[C@@]2(C(=O)N2CCc3ncc(C(F)(F)F)cc3C2)C1. The average Bonchev–Trinajstić information content (AvgIpc) is 3.45. The zero-order chi connectivity index (χ0) is 28.7. The third kappa shape index (κ3) is 5.68. The molecular weight excluding hydrogens is 531 g/mol. The Bertz CT molecular complexity index is 1150. The summed E-state index contributed by atoms with van der Waals surface area (Å²) in [7, 11) is 1.65. The maximum atomic E-state index is 14.3. The fraction of sp³-hybridized carbons (Fsp3) is 0.704. The molecule has 0 bridgehead atoms. The monoisotopic (exact) mass is 567 g/mol. The Labute approximate surface area is 230 Å². The molecule has 3 fully saturated rings. The average molecular weight is 568 g/mol. The Hall–Kier alpha value is -2.77. The van der Waals surface area contributed by atoms with Crippen LogP contribution in [-0.2, 0) is 43.0 Å². The Balaban J connectivity index is 1.36. The predicted octanol–water partition coefficient (Wildman–Crippen LogP) is 1.12. The van der Waals surface area contributed by atoms with Gasteiger partial charge >= 0.3 is 6.18 Å². The molecule has 3 aliphatic heterocycles. The minimum Gasteiger partial charge on any atom is -0.379 e. The highest BCUT2D eigenvalue weighted by Crippen LogP contribution is 2.50. The molecule has 0 radical (unpaired) electrons. The van der Waals surface area contributed by atoms with Crippen molar-refractivity contribution in [2.24, 2.45) is 11.3 Å². The summed E-state index contributed by atoms with van der Waals surface area (Å²) in [5, 5.41) is 6.22. The van der Waals surface area contributed by atoms with Gasteiger partial charge in [-0.15, -0.1) is 0 Å². The largest absolute Gasteiger partial charge is 0.417 e. The lowest BCUT2D eigenvalue weighted by molar-refractivity contribution is -0.144. The number of halogens is 3. The fourth-order valence-electron chi connectivity index (χ4n) is 6.84. The molecule has 1 aromatic rings. The number of rotatable bonds is 6. The van der Waals surface area contributed by atoms with Crippen LogP contribution >= 0.6 is 0 Å². The lowest BCUT2D eigenvalue weighted by Crippen LogP contribution is -2.52. The highest BCUT2D eigenvalue weighted by Gasteiger charge is 2.59. The second kappa shape index (κ2) is 11.2. The molecule has 2 saturated heterocycles. The van der Waals surface area contributed by atoms with E-state index in [9.17, 15) is 27.6 Å². The van der Waals surface area contributed by atoms with Gasteiger partial charge in [0.15, 0.2) is 0 Å². The van der Waals surface area contributed by atoms with E-state index in [1.54, 1.807) is 16.9 Å². The highest BCUT2D eigenvalue weighted by atomic mass is 19.4. The molecule has 0 aromatic carbocycles. The second-order valence-electron chi connectivity index (χ2n) is 11.4. The Morgan fingerprint density at radius 3 is 2.80 bits per heavy atom. The van der Waals surface area contributed by atoms with Crippen molar-refractivity contribution in [1.82, 2.24) is 25.4 Å². The van der Waals surface area contributed by atoms with Crippen LogP contribution in [-0.4, -0.2) is 97.2 Å². The molecule has 0 spiro atoms. The van der Waals surface area contributed by atoms with Gasteiger partial charge in [-0.3, -0.25) is 19.4 Å². The van der Waals surface area contributed by atoms with Gasteiger partial charge in [0.1, 0.15) is 0 Å². The number of carbonyl (C=O) groups is 3. The van der Waals surface area contributed by atoms with E-state index in [1.165, 1.54) is 6.92 Å². The molecule has 5 rings (SSSR count). The molecule has 220 valence electrons. The van der Waals surface area contributed by atoms with Crippen molar-refractivity contribution in [2.45, 2.75) is 63.5 Å². The summed E-state index contributed by atoms with van der Waals surface area (Å²) in [5.74, 6) is -0.838. The number of nitrogens with zero attached hydrogens (tertiary/aromatic N) is 3. The first-order valence-electron chi connectivity index (χ1n) is 13.7. The molecule has 40 heavy (non-hydrogen) atoms. The van der Waals surface area contributed by atoms with E-state index in [-0.39, 0.29) is 61.5 Å². The molecule has 13 heteroatoms. The standard InChI is InChI=1S/C27H36F3N5O5/c1-16(36)31-11-24(37)35-13-19-8-20(33-22-4-6-40-14-23(22)39-2)9-26(19,15-35)25(38)34-5-3-21-17(12-34)7-18(10-32-21)27(28,29)30/h7,10,19-20,22-23,33H,3-6,8-9,11-15H2,1-2H3,(H,31,36)/t19-,20+,22-,23+,26-/m0/s1. The van der Waals surface area contributed by atoms with Gasteiger partial charge in [0.25, 0.3) is 0 Å². The zero-order valence-electron chi connectivity index (χ0n) is 22.8. The number of pyridine rings is 1. The van der Waals surface area contributed by atoms with Crippen LogP contribution in [0.25, 0.3) is 0 Å². The van der Waals surface area contributed by atoms with Crippen molar-refractivity contribution < 1.29 is 37.0 Å². The summed E-state index contributed by atoms with van der Waals surface area (Å²) in [6.07, 6.45) is -1.47. The van der Waals surface area contributed by atoms with Crippen LogP contribution in [0, 0.1) is 11.3 Å². The van der Waals surface area contributed by atoms with Gasteiger partial charge in [0.05, 0.1) is 30.2 Å². The van der Waals surface area contributed by atoms with E-state index >= 15 is 0 Å². The van der Waals surface area contributed by atoms with Crippen molar-refractivity contribution in [3.05, 3.63) is 29.1 Å². The maximum absolute atomic E-state index is 14.3. The van der Waals surface area contributed by atoms with Crippen molar-refractivity contribution >= 4 is 17.7 Å². The first-order valence-corrected chi connectivity index (χ1v) is 13.7. The molecule has 1 saturated carbocycles. The number of amides is 3. The van der Waals surface area contributed by atoms with Crippen LogP contribution < -0.4 is 10.6 Å². The van der Waals surface area contributed by atoms with E-state index in [4.69, 9.17) is 9.47 Å². The van der Waals surface area contributed by atoms with Crippen LogP contribution in [0.4, 0.5) is 13.2 Å². The van der Waals surface area contributed by atoms with Crippen LogP contribution in [0.15, 0.2) is 12.3 Å². The van der Waals surface area contributed by atoms with E-state index < -0.39 is 17.2 Å². The van der Waals surface area contributed by atoms with Crippen LogP contribution in [0.3, 0.4) is 0 Å². The number of fused-ring (bicyclic) bond motifs is 2. The number of nitrogens with one attached hydrogen (secondary N) is 2. The van der Waals surface area contributed by atoms with E-state index in [2.05, 4.69) is 15.6 Å². The predicted molar refractivity (Wildman–Crippen MR) is 136 cm³/mol. The second-order valence-corrected chi connectivity index (χ2v) is 11.4. The van der Waals surface area contributed by atoms with E-state index in [0.717, 1.165) is 18.7 Å². The number of aromatic nitrogens is 1. The van der Waals surface area contributed by atoms with E-state index in [1.807, 2.05) is 0 Å². The lowest BCUT2D eigenvalue weighted by atomic mass is 9.78. The number of hydrogen-bond acceptors (Lipinski definition) is 7. The lowest BCUT2D eigenvalue weighted by Gasteiger charge is -2.37. The van der Waals surface area contributed by atoms with Gasteiger partial charge in [-0.2, -0.15) is 13.2 Å². The Morgan fingerprint density at radius 1 is 1.27 bits per heavy atom. The summed E-state index contributed by atoms with van der Waals surface area (Å²) >= 11 is 0. The quantitative estimate of drug-likeness (QED) is 0.530. The summed E-state index contributed by atoms with van der Waals surface area (Å²) in [5.41, 5.74) is -0.733. The minimum atomic E-state index is -4.52. The number of likely N-dealkylation sites (tertiary alicyclic amines) is 1. The molecule has 5 atom stereocenters. The molecule has 4 heterocycles. The van der Waals surface area contributed by atoms with E-state index in [0.29, 0.717) is 56.8 Å². The minimum absolute atomic E-state index is 0.0119. The van der Waals surface area contributed by atoms with Gasteiger partial charge in [-0.1, -0.05) is 0 Å². The maximum Gasteiger partial charge on any atom is 0.417 e. The topological polar surface area (TPSA) is 113 Å². The first-order chi connectivity index (χ1) is 19.0. The molecular formula is C27H36F3N5O5. The molecule has 1 aliphatic carbocycles. The normalized spacial score (nSPS) is 30.1. The third-order valence-electron chi connectivity index (χ3n) is 8.85. The number of hydrogen-bond donors (Lipinski definition) is 2. The smallest absolute Gasteiger partial charge is 0.379 e. The van der Waals surface area contributed by atoms with Crippen LogP contribution in [0.1, 0.15) is 43.0 Å². The van der Waals surface area contributed by atoms with Crippen molar-refractivity contribution in [2.75, 3.05) is 46.5 Å². The first kappa shape index (κ1) is 28.7. The van der Waals surface area contributed by atoms with Gasteiger partial charge in [-0.05, 0) is 36.8 Å². The summed E-state index contributed by atoms with van der Waals surface area (Å²) in [4.78, 5) is 45.9. The molecule has 10 nitrogen and oxygen atoms in total. The Kier molecular flexibility index (Phi) is 8.08. The third-order valence-corrected chi connectivity index (χ3v) is 8.85. The van der Waals surface area contributed by atoms with Gasteiger partial charge in [0.2, 0.25) is 17.7 Å². The zero-order valence-corrected chi connectivity index (χ0v) is 22.8. The number of methoxy groups -OCH3 is 1. The number of ether oxygens (including phenoxy) is 2. The van der Waals surface area contributed by atoms with Gasteiger partial charge < -0.3 is 29.9 Å². The van der Waals surface area contributed by atoms with Crippen molar-refractivity contribution in [3.63, 3.8) is 0 Å². The van der Waals surface area contributed by atoms with Crippen molar-refractivity contribution in [1.29, 1.82) is 0 Å². The van der Waals surface area contributed by atoms with Gasteiger partial charge in [0, 0.05) is 77.2 Å². The highest BCUT2D eigenvalue weighted by molar-refractivity contribution is 5.88. The summed E-state index contributed by atoms with van der Waals surface area (Å²) in [6, 6.07) is 1.17. The Morgan fingerprint density at radius 2 is 2.08 bits per heavy atom. The number of alkyl halides is 3. The van der Waals surface area contributed by atoms with Crippen molar-refractivity contribution in [3.8, 4) is 0 Å². The fourth-order valence-corrected chi connectivity index (χ4v) is 6.84.